The van der Waals surface area contributed by atoms with Crippen LogP contribution in [0, 0.1) is 0 Å². The number of esters is 1. The van der Waals surface area contributed by atoms with Crippen molar-refractivity contribution < 1.29 is 27.5 Å². The van der Waals surface area contributed by atoms with Crippen molar-refractivity contribution >= 4 is 27.6 Å². The van der Waals surface area contributed by atoms with Crippen LogP contribution in [-0.4, -0.2) is 46.1 Å². The molecule has 31 heavy (non-hydrogen) atoms. The molecule has 1 atom stereocenters. The first kappa shape index (κ1) is 21.3. The van der Waals surface area contributed by atoms with E-state index in [1.165, 1.54) is 7.11 Å². The number of carbonyl (C=O) groups excluding carboxylic acids is 2. The second-order valence-electron chi connectivity index (χ2n) is 7.64. The van der Waals surface area contributed by atoms with Gasteiger partial charge < -0.3 is 14.4 Å². The second kappa shape index (κ2) is 8.68. The van der Waals surface area contributed by atoms with E-state index in [2.05, 4.69) is 4.72 Å². The average Bonchev–Trinajstić information content (AvgIpc) is 3.59. The monoisotopic (exact) mass is 444 g/mol. The van der Waals surface area contributed by atoms with Gasteiger partial charge in [-0.15, -0.1) is 0 Å². The average molecular weight is 445 g/mol. The van der Waals surface area contributed by atoms with Crippen LogP contribution in [0.25, 0.3) is 0 Å². The normalized spacial score (nSPS) is 18.1. The van der Waals surface area contributed by atoms with Gasteiger partial charge in [-0.1, -0.05) is 24.3 Å². The van der Waals surface area contributed by atoms with E-state index in [0.29, 0.717) is 17.9 Å². The van der Waals surface area contributed by atoms with Crippen molar-refractivity contribution in [3.05, 3.63) is 54.1 Å². The molecular weight excluding hydrogens is 420 g/mol. The first-order chi connectivity index (χ1) is 14.9. The van der Waals surface area contributed by atoms with E-state index >= 15 is 0 Å². The topological polar surface area (TPSA) is 102 Å². The predicted octanol–water partition coefficient (Wildman–Crippen LogP) is 2.03. The van der Waals surface area contributed by atoms with Crippen LogP contribution in [-0.2, 0) is 30.8 Å². The van der Waals surface area contributed by atoms with E-state index in [9.17, 15) is 18.0 Å². The van der Waals surface area contributed by atoms with Gasteiger partial charge in [0, 0.05) is 12.5 Å². The van der Waals surface area contributed by atoms with Gasteiger partial charge in [0.1, 0.15) is 5.75 Å². The quantitative estimate of drug-likeness (QED) is 0.656. The van der Waals surface area contributed by atoms with Crippen molar-refractivity contribution in [3.63, 3.8) is 0 Å². The summed E-state index contributed by atoms with van der Waals surface area (Å²) in [5, 5.41) is 0. The first-order valence-electron chi connectivity index (χ1n) is 10.1. The lowest BCUT2D eigenvalue weighted by molar-refractivity contribution is -0.148. The van der Waals surface area contributed by atoms with Crippen molar-refractivity contribution in [1.29, 1.82) is 0 Å². The zero-order valence-corrected chi connectivity index (χ0v) is 17.9. The molecule has 8 nitrogen and oxygen atoms in total. The van der Waals surface area contributed by atoms with Crippen LogP contribution in [0.5, 0.6) is 5.75 Å². The molecule has 1 heterocycles. The third-order valence-electron chi connectivity index (χ3n) is 5.30. The number of aryl methyl sites for hydroxylation is 1. The highest BCUT2D eigenvalue weighted by Gasteiger charge is 2.34. The Labute approximate surface area is 181 Å². The van der Waals surface area contributed by atoms with Gasteiger partial charge in [0.15, 0.2) is 0 Å². The van der Waals surface area contributed by atoms with Gasteiger partial charge in [-0.25, -0.2) is 17.9 Å². The molecule has 1 aliphatic heterocycles. The maximum Gasteiger partial charge on any atom is 0.348 e. The molecule has 164 valence electrons. The fourth-order valence-electron chi connectivity index (χ4n) is 3.43. The number of nitrogens with zero attached hydrogens (tertiary/aromatic N) is 1. The molecule has 9 heteroatoms. The van der Waals surface area contributed by atoms with E-state index in [1.807, 2.05) is 0 Å². The summed E-state index contributed by atoms with van der Waals surface area (Å²) in [5.74, 6) is -0.240. The minimum Gasteiger partial charge on any atom is -0.475 e. The Bertz CT molecular complexity index is 1080. The molecule has 0 radical (unpaired) electrons. The van der Waals surface area contributed by atoms with E-state index in [1.54, 1.807) is 53.4 Å². The number of hydrogen-bond donors (Lipinski definition) is 1. The fourth-order valence-corrected chi connectivity index (χ4v) is 4.74. The van der Waals surface area contributed by atoms with Crippen LogP contribution in [0.15, 0.2) is 53.4 Å². The molecule has 4 rings (SSSR count). The van der Waals surface area contributed by atoms with E-state index in [-0.39, 0.29) is 29.8 Å². The molecule has 0 unspecified atom stereocenters. The van der Waals surface area contributed by atoms with Crippen molar-refractivity contribution in [2.45, 2.75) is 42.7 Å². The Morgan fingerprint density at radius 2 is 1.84 bits per heavy atom. The highest BCUT2D eigenvalue weighted by molar-refractivity contribution is 7.89. The summed E-state index contributed by atoms with van der Waals surface area (Å²) in [6.07, 6.45) is 1.51. The smallest absolute Gasteiger partial charge is 0.348 e. The molecular formula is C22H24N2O6S. The van der Waals surface area contributed by atoms with Crippen LogP contribution in [0.4, 0.5) is 5.69 Å². The van der Waals surface area contributed by atoms with Crippen LogP contribution in [0.3, 0.4) is 0 Å². The third kappa shape index (κ3) is 4.88. The van der Waals surface area contributed by atoms with Crippen LogP contribution >= 0.6 is 0 Å². The Morgan fingerprint density at radius 1 is 1.13 bits per heavy atom. The number of para-hydroxylation sites is 2. The lowest BCUT2D eigenvalue weighted by Crippen LogP contribution is -2.47. The fraction of sp³-hybridized carbons (Fsp3) is 0.364. The Balaban J connectivity index is 1.42. The molecule has 2 aliphatic rings. The molecule has 1 aliphatic carbocycles. The lowest BCUT2D eigenvalue weighted by atomic mass is 10.1. The number of nitrogens with one attached hydrogen (secondary N) is 1. The number of fused-ring (bicyclic) bond motifs is 1. The summed E-state index contributed by atoms with van der Waals surface area (Å²) in [4.78, 5) is 26.7. The summed E-state index contributed by atoms with van der Waals surface area (Å²) in [6.45, 7) is 0.0759. The zero-order valence-electron chi connectivity index (χ0n) is 17.1. The SMILES string of the molecule is COC(=O)[C@H]1CN(C(=O)CCc2ccc(S(=O)(=O)NC3CC3)cc2)c2ccccc2O1. The van der Waals surface area contributed by atoms with Gasteiger partial charge in [0.2, 0.25) is 22.0 Å². The molecule has 0 spiro atoms. The molecule has 0 aromatic heterocycles. The summed E-state index contributed by atoms with van der Waals surface area (Å²) < 4.78 is 37.6. The number of rotatable bonds is 7. The van der Waals surface area contributed by atoms with E-state index in [4.69, 9.17) is 9.47 Å². The highest BCUT2D eigenvalue weighted by atomic mass is 32.2. The van der Waals surface area contributed by atoms with Crippen molar-refractivity contribution in [2.24, 2.45) is 0 Å². The minimum absolute atomic E-state index is 0.0486. The predicted molar refractivity (Wildman–Crippen MR) is 113 cm³/mol. The first-order valence-corrected chi connectivity index (χ1v) is 11.6. The van der Waals surface area contributed by atoms with Crippen LogP contribution < -0.4 is 14.4 Å². The van der Waals surface area contributed by atoms with Gasteiger partial charge in [0.05, 0.1) is 24.2 Å². The summed E-state index contributed by atoms with van der Waals surface area (Å²) in [6, 6.07) is 13.7. The Kier molecular flexibility index (Phi) is 5.97. The van der Waals surface area contributed by atoms with Crippen LogP contribution in [0.2, 0.25) is 0 Å². The minimum atomic E-state index is -3.50. The second-order valence-corrected chi connectivity index (χ2v) is 9.36. The molecule has 1 saturated carbocycles. The largest absolute Gasteiger partial charge is 0.475 e. The molecule has 1 amide bonds. The van der Waals surface area contributed by atoms with Gasteiger partial charge in [0.25, 0.3) is 0 Å². The number of anilines is 1. The summed E-state index contributed by atoms with van der Waals surface area (Å²) in [5.41, 5.74) is 1.46. The summed E-state index contributed by atoms with van der Waals surface area (Å²) >= 11 is 0. The number of benzene rings is 2. The maximum absolute atomic E-state index is 13.0. The van der Waals surface area contributed by atoms with E-state index < -0.39 is 22.1 Å². The maximum atomic E-state index is 13.0. The number of methoxy groups -OCH3 is 1. The Hall–Kier alpha value is -2.91. The van der Waals surface area contributed by atoms with Crippen molar-refractivity contribution in [2.75, 3.05) is 18.6 Å². The van der Waals surface area contributed by atoms with Crippen molar-refractivity contribution in [1.82, 2.24) is 4.72 Å². The molecule has 2 aromatic rings. The standard InChI is InChI=1S/C22H24N2O6S/c1-29-22(26)20-14-24(18-4-2-3-5-19(18)30-20)21(25)13-8-15-6-11-17(12-7-15)31(27,28)23-16-9-10-16/h2-7,11-12,16,20,23H,8-10,13-14H2,1H3/t20-/m1/s1. The number of sulfonamides is 1. The lowest BCUT2D eigenvalue weighted by Gasteiger charge is -2.33. The highest BCUT2D eigenvalue weighted by Crippen LogP contribution is 2.34. The van der Waals surface area contributed by atoms with Gasteiger partial charge in [-0.3, -0.25) is 4.79 Å². The van der Waals surface area contributed by atoms with Gasteiger partial charge >= 0.3 is 5.97 Å². The number of ether oxygens (including phenoxy) is 2. The third-order valence-corrected chi connectivity index (χ3v) is 6.84. The number of carbonyl (C=O) groups is 2. The molecule has 0 bridgehead atoms. The molecule has 2 aromatic carbocycles. The van der Waals surface area contributed by atoms with Crippen molar-refractivity contribution in [3.8, 4) is 5.75 Å². The van der Waals surface area contributed by atoms with Gasteiger partial charge in [-0.2, -0.15) is 0 Å². The Morgan fingerprint density at radius 3 is 2.52 bits per heavy atom. The van der Waals surface area contributed by atoms with Crippen LogP contribution in [0.1, 0.15) is 24.8 Å². The zero-order chi connectivity index (χ0) is 22.0. The molecule has 1 fully saturated rings. The van der Waals surface area contributed by atoms with Gasteiger partial charge in [-0.05, 0) is 49.1 Å². The number of hydrogen-bond acceptors (Lipinski definition) is 6. The molecule has 0 saturated heterocycles. The summed E-state index contributed by atoms with van der Waals surface area (Å²) in [7, 11) is -2.22. The number of amides is 1. The van der Waals surface area contributed by atoms with E-state index in [0.717, 1.165) is 18.4 Å². The molecule has 1 N–H and O–H groups in total.